The first-order valence-corrected chi connectivity index (χ1v) is 20.5. The van der Waals surface area contributed by atoms with Crippen LogP contribution in [0.4, 0.5) is 0 Å². The number of aliphatic hydroxyl groups is 2. The van der Waals surface area contributed by atoms with Gasteiger partial charge < -0.3 is 29.2 Å². The Morgan fingerprint density at radius 2 is 1.14 bits per heavy atom. The Bertz CT molecular complexity index is 1810. The number of Topliss-reactive ketones (excluding diaryl/α,β-unsaturated/α-hetero) is 2. The van der Waals surface area contributed by atoms with Crippen LogP contribution in [0.2, 0.25) is 0 Å². The highest BCUT2D eigenvalue weighted by molar-refractivity contribution is 5.83. The Labute approximate surface area is 328 Å². The summed E-state index contributed by atoms with van der Waals surface area (Å²) in [6.45, 7) is 6.39. The SMILES string of the molecule is CCCC(=O)C1CON2CCC34C=CC(O)C[C@H]3Oc3c(OC)ccc(c34)C12.CCCC(=O)C1CON2CCC34C=CC(O)C[C@H]3Oc3c(OC)ccc(c34)C12. The molecule has 56 heavy (non-hydrogen) atoms. The molecule has 12 heteroatoms. The third kappa shape index (κ3) is 5.69. The fourth-order valence-electron chi connectivity index (χ4n) is 11.0. The molecule has 6 aliphatic heterocycles. The van der Waals surface area contributed by atoms with Crippen molar-refractivity contribution in [3.8, 4) is 23.0 Å². The summed E-state index contributed by atoms with van der Waals surface area (Å²) in [4.78, 5) is 37.7. The zero-order chi connectivity index (χ0) is 38.9. The number of aliphatic hydroxyl groups excluding tert-OH is 2. The van der Waals surface area contributed by atoms with Crippen molar-refractivity contribution in [3.63, 3.8) is 0 Å². The number of methoxy groups -OCH3 is 2. The molecular formula is C44H54N2O10. The molecule has 12 nitrogen and oxygen atoms in total. The standard InChI is InChI=1S/2C22H27NO5/c2*1-3-4-16(25)15-12-27-23-10-9-22-8-7-13(24)11-18(22)28-21-17(26-2)6-5-14(19(21)22)20(15)23/h2*5-8,13,15,18,20,24H,3-4,9-12H2,1-2H3/t2*13?,15?,18-,20?,22?/m11/s1. The van der Waals surface area contributed by atoms with E-state index in [2.05, 4.69) is 24.3 Å². The van der Waals surface area contributed by atoms with E-state index in [-0.39, 0.29) is 58.5 Å². The van der Waals surface area contributed by atoms with Gasteiger partial charge in [-0.15, -0.1) is 0 Å². The first-order chi connectivity index (χ1) is 27.2. The summed E-state index contributed by atoms with van der Waals surface area (Å²) in [6.07, 6.45) is 12.3. The van der Waals surface area contributed by atoms with Gasteiger partial charge in [-0.05, 0) is 48.9 Å². The third-order valence-corrected chi connectivity index (χ3v) is 13.7. The van der Waals surface area contributed by atoms with E-state index in [4.69, 9.17) is 28.6 Å². The van der Waals surface area contributed by atoms with Crippen molar-refractivity contribution in [2.45, 2.75) is 113 Å². The van der Waals surface area contributed by atoms with Gasteiger partial charge in [0.2, 0.25) is 0 Å². The molecule has 0 amide bonds. The number of rotatable bonds is 8. The number of hydrogen-bond acceptors (Lipinski definition) is 12. The summed E-state index contributed by atoms with van der Waals surface area (Å²) in [5, 5.41) is 24.4. The molecule has 10 rings (SSSR count). The maximum absolute atomic E-state index is 12.8. The molecule has 8 aliphatic rings. The quantitative estimate of drug-likeness (QED) is 0.334. The van der Waals surface area contributed by atoms with Crippen molar-refractivity contribution in [1.29, 1.82) is 0 Å². The van der Waals surface area contributed by atoms with Gasteiger partial charge in [0.15, 0.2) is 23.0 Å². The van der Waals surface area contributed by atoms with Crippen LogP contribution in [0.5, 0.6) is 23.0 Å². The number of nitrogens with zero attached hydrogens (tertiary/aromatic N) is 2. The maximum Gasteiger partial charge on any atom is 0.166 e. The highest BCUT2D eigenvalue weighted by atomic mass is 16.7. The molecule has 2 saturated heterocycles. The predicted octanol–water partition coefficient (Wildman–Crippen LogP) is 5.38. The number of ether oxygens (including phenoxy) is 4. The minimum Gasteiger partial charge on any atom is -0.493 e. The molecule has 300 valence electrons. The monoisotopic (exact) mass is 770 g/mol. The van der Waals surface area contributed by atoms with E-state index < -0.39 is 12.2 Å². The van der Waals surface area contributed by atoms with Gasteiger partial charge >= 0.3 is 0 Å². The Morgan fingerprint density at radius 1 is 0.714 bits per heavy atom. The molecule has 2 aliphatic carbocycles. The second-order valence-electron chi connectivity index (χ2n) is 16.6. The molecule has 0 aromatic heterocycles. The fraction of sp³-hybridized carbons (Fsp3) is 0.591. The molecule has 2 aromatic rings. The molecule has 2 aromatic carbocycles. The van der Waals surface area contributed by atoms with Crippen LogP contribution in [0.15, 0.2) is 48.6 Å². The lowest BCUT2D eigenvalue weighted by molar-refractivity contribution is -0.134. The topological polar surface area (TPSA) is 136 Å². The zero-order valence-electron chi connectivity index (χ0n) is 32.8. The van der Waals surface area contributed by atoms with Gasteiger partial charge in [-0.1, -0.05) is 50.3 Å². The van der Waals surface area contributed by atoms with E-state index in [9.17, 15) is 19.8 Å². The summed E-state index contributed by atoms with van der Waals surface area (Å²) >= 11 is 0. The molecule has 0 radical (unpaired) electrons. The van der Waals surface area contributed by atoms with E-state index >= 15 is 0 Å². The van der Waals surface area contributed by atoms with Crippen LogP contribution >= 0.6 is 0 Å². The normalized spacial score (nSPS) is 35.5. The highest BCUT2D eigenvalue weighted by Crippen LogP contribution is 2.60. The third-order valence-electron chi connectivity index (χ3n) is 13.7. The van der Waals surface area contributed by atoms with Crippen molar-refractivity contribution in [2.24, 2.45) is 11.8 Å². The molecule has 6 heterocycles. The second kappa shape index (κ2) is 14.6. The first kappa shape index (κ1) is 37.8. The van der Waals surface area contributed by atoms with Crippen LogP contribution in [-0.2, 0) is 30.1 Å². The molecule has 0 saturated carbocycles. The summed E-state index contributed by atoms with van der Waals surface area (Å²) < 4.78 is 24.0. The van der Waals surface area contributed by atoms with Crippen LogP contribution in [0.1, 0.15) is 99.6 Å². The highest BCUT2D eigenvalue weighted by Gasteiger charge is 2.58. The van der Waals surface area contributed by atoms with Crippen LogP contribution in [0, 0.1) is 11.8 Å². The minimum atomic E-state index is -0.502. The van der Waals surface area contributed by atoms with Gasteiger partial charge in [0.05, 0.1) is 74.4 Å². The predicted molar refractivity (Wildman–Crippen MR) is 205 cm³/mol. The van der Waals surface area contributed by atoms with E-state index in [0.29, 0.717) is 50.4 Å². The summed E-state index contributed by atoms with van der Waals surface area (Å²) in [5.74, 6) is 3.15. The maximum atomic E-state index is 12.8. The van der Waals surface area contributed by atoms with Crippen LogP contribution < -0.4 is 18.9 Å². The molecule has 10 atom stereocenters. The zero-order valence-corrected chi connectivity index (χ0v) is 32.8. The van der Waals surface area contributed by atoms with Crippen molar-refractivity contribution >= 4 is 11.6 Å². The number of benzene rings is 2. The van der Waals surface area contributed by atoms with Gasteiger partial charge in [0.25, 0.3) is 0 Å². The van der Waals surface area contributed by atoms with E-state index in [1.54, 1.807) is 14.2 Å². The Hall–Kier alpha value is -3.78. The van der Waals surface area contributed by atoms with Crippen molar-refractivity contribution in [2.75, 3.05) is 40.5 Å². The van der Waals surface area contributed by atoms with Crippen molar-refractivity contribution in [3.05, 3.63) is 70.8 Å². The summed E-state index contributed by atoms with van der Waals surface area (Å²) in [6, 6.07) is 7.83. The minimum absolute atomic E-state index is 0.0966. The number of carbonyl (C=O) groups excluding carboxylic acids is 2. The van der Waals surface area contributed by atoms with Crippen molar-refractivity contribution in [1.82, 2.24) is 10.1 Å². The first-order valence-electron chi connectivity index (χ1n) is 20.5. The second-order valence-corrected chi connectivity index (χ2v) is 16.6. The average molecular weight is 771 g/mol. The molecule has 2 fully saturated rings. The lowest BCUT2D eigenvalue weighted by Gasteiger charge is -2.35. The number of carbonyl (C=O) groups is 2. The lowest BCUT2D eigenvalue weighted by atomic mass is 9.68. The van der Waals surface area contributed by atoms with E-state index in [1.165, 1.54) is 0 Å². The Morgan fingerprint density at radius 3 is 1.54 bits per heavy atom. The Balaban J connectivity index is 0.000000146. The largest absolute Gasteiger partial charge is 0.493 e. The fourth-order valence-corrected chi connectivity index (χ4v) is 11.0. The van der Waals surface area contributed by atoms with Crippen LogP contribution in [-0.4, -0.2) is 96.8 Å². The molecular weight excluding hydrogens is 716 g/mol. The van der Waals surface area contributed by atoms with Crippen molar-refractivity contribution < 1.29 is 48.4 Å². The molecule has 2 N–H and O–H groups in total. The van der Waals surface area contributed by atoms with Gasteiger partial charge in [0, 0.05) is 49.9 Å². The van der Waals surface area contributed by atoms with E-state index in [1.807, 2.05) is 48.3 Å². The number of ketones is 2. The van der Waals surface area contributed by atoms with Gasteiger partial charge in [-0.2, -0.15) is 10.1 Å². The summed E-state index contributed by atoms with van der Waals surface area (Å²) in [7, 11) is 3.30. The van der Waals surface area contributed by atoms with Gasteiger partial charge in [-0.25, -0.2) is 0 Å². The smallest absolute Gasteiger partial charge is 0.166 e. The Kier molecular flexibility index (Phi) is 9.82. The number of hydrogen-bond donors (Lipinski definition) is 2. The average Bonchev–Trinajstić information content (AvgIpc) is 3.94. The van der Waals surface area contributed by atoms with Crippen LogP contribution in [0.3, 0.4) is 0 Å². The lowest BCUT2D eigenvalue weighted by Crippen LogP contribution is -2.42. The number of fused-ring (bicyclic) bond motifs is 4. The molecule has 2 spiro atoms. The van der Waals surface area contributed by atoms with E-state index in [0.717, 1.165) is 72.5 Å². The van der Waals surface area contributed by atoms with Gasteiger partial charge in [0.1, 0.15) is 23.8 Å². The van der Waals surface area contributed by atoms with Gasteiger partial charge in [-0.3, -0.25) is 19.3 Å². The molecule has 0 bridgehead atoms. The number of hydroxylamine groups is 4. The van der Waals surface area contributed by atoms with Crippen LogP contribution in [0.25, 0.3) is 0 Å². The molecule has 8 unspecified atom stereocenters. The summed E-state index contributed by atoms with van der Waals surface area (Å²) in [5.41, 5.74) is 3.81.